The van der Waals surface area contributed by atoms with E-state index in [4.69, 9.17) is 0 Å². The molecule has 0 atom stereocenters. The summed E-state index contributed by atoms with van der Waals surface area (Å²) in [6.45, 7) is 0. The van der Waals surface area contributed by atoms with Gasteiger partial charge < -0.3 is 0 Å². The second-order valence-electron chi connectivity index (χ2n) is 3.31. The van der Waals surface area contributed by atoms with Gasteiger partial charge in [-0.15, -0.1) is 0 Å². The largest absolute Gasteiger partial charge is 0.206 e. The standard InChI is InChI=1S/C12H4BrF4/c13-7-3-10(16)12(11(17)4-7)6-1-8(14)5-9(15)2-6/h1-4H. The van der Waals surface area contributed by atoms with E-state index in [-0.39, 0.29) is 10.0 Å². The van der Waals surface area contributed by atoms with E-state index < -0.39 is 28.8 Å². The molecule has 0 fully saturated rings. The van der Waals surface area contributed by atoms with Gasteiger partial charge in [-0.2, -0.15) is 0 Å². The fraction of sp³-hybridized carbons (Fsp3) is 0. The third-order valence-corrected chi connectivity index (χ3v) is 2.56. The molecule has 0 spiro atoms. The zero-order valence-electron chi connectivity index (χ0n) is 8.20. The van der Waals surface area contributed by atoms with E-state index in [0.717, 1.165) is 24.3 Å². The molecule has 2 aromatic carbocycles. The SMILES string of the molecule is Fc1[c]c(F)cc(-c2c(F)cc(Br)cc2F)c1. The Morgan fingerprint density at radius 1 is 0.824 bits per heavy atom. The van der Waals surface area contributed by atoms with Crippen molar-refractivity contribution in [3.8, 4) is 11.1 Å². The summed E-state index contributed by atoms with van der Waals surface area (Å²) in [6.07, 6.45) is 0. The highest BCUT2D eigenvalue weighted by atomic mass is 79.9. The van der Waals surface area contributed by atoms with Crippen molar-refractivity contribution in [2.45, 2.75) is 0 Å². The van der Waals surface area contributed by atoms with E-state index in [0.29, 0.717) is 0 Å². The van der Waals surface area contributed by atoms with Crippen molar-refractivity contribution < 1.29 is 17.6 Å². The maximum atomic E-state index is 13.5. The van der Waals surface area contributed by atoms with Gasteiger partial charge in [0.2, 0.25) is 0 Å². The maximum Gasteiger partial charge on any atom is 0.135 e. The predicted octanol–water partition coefficient (Wildman–Crippen LogP) is 4.47. The first-order valence-corrected chi connectivity index (χ1v) is 5.30. The van der Waals surface area contributed by atoms with Crippen molar-refractivity contribution in [3.05, 3.63) is 58.1 Å². The maximum absolute atomic E-state index is 13.5. The van der Waals surface area contributed by atoms with Crippen molar-refractivity contribution >= 4 is 15.9 Å². The molecule has 2 aromatic rings. The van der Waals surface area contributed by atoms with Crippen LogP contribution in [0.15, 0.2) is 28.7 Å². The van der Waals surface area contributed by atoms with Crippen LogP contribution in [0.1, 0.15) is 0 Å². The van der Waals surface area contributed by atoms with Crippen LogP contribution in [0.5, 0.6) is 0 Å². The molecule has 0 saturated carbocycles. The second kappa shape index (κ2) is 4.49. The van der Waals surface area contributed by atoms with Crippen LogP contribution in [0.25, 0.3) is 11.1 Å². The first kappa shape index (κ1) is 12.1. The Labute approximate surface area is 103 Å². The lowest BCUT2D eigenvalue weighted by atomic mass is 10.0. The van der Waals surface area contributed by atoms with Crippen LogP contribution >= 0.6 is 15.9 Å². The Balaban J connectivity index is 2.68. The summed E-state index contributed by atoms with van der Waals surface area (Å²) in [5.74, 6) is -3.83. The number of benzene rings is 2. The fourth-order valence-corrected chi connectivity index (χ4v) is 1.87. The number of rotatable bonds is 1. The Morgan fingerprint density at radius 2 is 1.29 bits per heavy atom. The van der Waals surface area contributed by atoms with Gasteiger partial charge in [-0.3, -0.25) is 0 Å². The van der Waals surface area contributed by atoms with E-state index in [1.54, 1.807) is 6.07 Å². The normalized spacial score (nSPS) is 10.6. The van der Waals surface area contributed by atoms with Crippen LogP contribution in [0.2, 0.25) is 0 Å². The van der Waals surface area contributed by atoms with Crippen LogP contribution in [0, 0.1) is 29.3 Å². The Hall–Kier alpha value is -1.36. The molecule has 2 rings (SSSR count). The van der Waals surface area contributed by atoms with Crippen molar-refractivity contribution in [2.75, 3.05) is 0 Å². The molecule has 0 aliphatic rings. The molecular weight excluding hydrogens is 300 g/mol. The Kier molecular flexibility index (Phi) is 3.19. The summed E-state index contributed by atoms with van der Waals surface area (Å²) in [7, 11) is 0. The molecule has 0 aromatic heterocycles. The predicted molar refractivity (Wildman–Crippen MR) is 58.2 cm³/mol. The molecule has 0 nitrogen and oxygen atoms in total. The topological polar surface area (TPSA) is 0 Å². The van der Waals surface area contributed by atoms with Gasteiger partial charge in [-0.05, 0) is 29.8 Å². The number of halogens is 5. The zero-order chi connectivity index (χ0) is 12.6. The molecule has 0 amide bonds. The molecule has 0 aliphatic heterocycles. The fourth-order valence-electron chi connectivity index (χ4n) is 1.46. The molecule has 5 heteroatoms. The first-order chi connectivity index (χ1) is 7.97. The lowest BCUT2D eigenvalue weighted by Gasteiger charge is -2.06. The number of hydrogen-bond acceptors (Lipinski definition) is 0. The van der Waals surface area contributed by atoms with Gasteiger partial charge in [0.1, 0.15) is 23.3 Å². The molecule has 0 N–H and O–H groups in total. The molecule has 0 saturated heterocycles. The summed E-state index contributed by atoms with van der Waals surface area (Å²) < 4.78 is 53.1. The average molecular weight is 304 g/mol. The van der Waals surface area contributed by atoms with Gasteiger partial charge in [0.25, 0.3) is 0 Å². The summed E-state index contributed by atoms with van der Waals surface area (Å²) >= 11 is 2.91. The summed E-state index contributed by atoms with van der Waals surface area (Å²) in [5.41, 5.74) is -0.679. The Bertz CT molecular complexity index is 537. The monoisotopic (exact) mass is 303 g/mol. The van der Waals surface area contributed by atoms with E-state index in [1.807, 2.05) is 0 Å². The van der Waals surface area contributed by atoms with Gasteiger partial charge in [0, 0.05) is 4.47 Å². The van der Waals surface area contributed by atoms with E-state index in [1.165, 1.54) is 0 Å². The summed E-state index contributed by atoms with van der Waals surface area (Å²) in [5, 5.41) is 0. The molecule has 87 valence electrons. The van der Waals surface area contributed by atoms with Crippen LogP contribution in [-0.4, -0.2) is 0 Å². The quantitative estimate of drug-likeness (QED) is 0.682. The Morgan fingerprint density at radius 3 is 1.76 bits per heavy atom. The van der Waals surface area contributed by atoms with E-state index in [9.17, 15) is 17.6 Å². The lowest BCUT2D eigenvalue weighted by molar-refractivity contribution is 0.575. The van der Waals surface area contributed by atoms with E-state index in [2.05, 4.69) is 15.9 Å². The molecule has 0 heterocycles. The molecule has 0 bridgehead atoms. The van der Waals surface area contributed by atoms with Crippen molar-refractivity contribution in [2.24, 2.45) is 0 Å². The lowest BCUT2D eigenvalue weighted by Crippen LogP contribution is -1.92. The summed E-state index contributed by atoms with van der Waals surface area (Å²) in [4.78, 5) is 0. The smallest absolute Gasteiger partial charge is 0.135 e. The minimum absolute atomic E-state index is 0.207. The minimum atomic E-state index is -1.01. The molecule has 0 unspecified atom stereocenters. The van der Waals surface area contributed by atoms with Gasteiger partial charge in [0.05, 0.1) is 11.6 Å². The highest BCUT2D eigenvalue weighted by Crippen LogP contribution is 2.29. The molecule has 1 radical (unpaired) electrons. The first-order valence-electron chi connectivity index (χ1n) is 4.50. The highest BCUT2D eigenvalue weighted by molar-refractivity contribution is 9.10. The van der Waals surface area contributed by atoms with Crippen LogP contribution in [0.3, 0.4) is 0 Å². The van der Waals surface area contributed by atoms with Crippen molar-refractivity contribution in [3.63, 3.8) is 0 Å². The van der Waals surface area contributed by atoms with E-state index >= 15 is 0 Å². The van der Waals surface area contributed by atoms with Gasteiger partial charge in [-0.25, -0.2) is 17.6 Å². The van der Waals surface area contributed by atoms with Gasteiger partial charge >= 0.3 is 0 Å². The van der Waals surface area contributed by atoms with Crippen molar-refractivity contribution in [1.29, 1.82) is 0 Å². The third-order valence-electron chi connectivity index (χ3n) is 2.10. The second-order valence-corrected chi connectivity index (χ2v) is 4.23. The van der Waals surface area contributed by atoms with Crippen LogP contribution in [-0.2, 0) is 0 Å². The molecule has 0 aliphatic carbocycles. The summed E-state index contributed by atoms with van der Waals surface area (Å²) in [6, 6.07) is 5.42. The minimum Gasteiger partial charge on any atom is -0.206 e. The molecule has 17 heavy (non-hydrogen) atoms. The van der Waals surface area contributed by atoms with Crippen molar-refractivity contribution in [1.82, 2.24) is 0 Å². The third kappa shape index (κ3) is 2.49. The number of hydrogen-bond donors (Lipinski definition) is 0. The average Bonchev–Trinajstić information content (AvgIpc) is 2.13. The van der Waals surface area contributed by atoms with Crippen LogP contribution in [0.4, 0.5) is 17.6 Å². The zero-order valence-corrected chi connectivity index (χ0v) is 9.79. The van der Waals surface area contributed by atoms with Gasteiger partial charge in [-0.1, -0.05) is 15.9 Å². The van der Waals surface area contributed by atoms with Gasteiger partial charge in [0.15, 0.2) is 0 Å². The van der Waals surface area contributed by atoms with Crippen LogP contribution < -0.4 is 0 Å². The molecular formula is C12H4BrF4. The highest BCUT2D eigenvalue weighted by Gasteiger charge is 2.14.